The van der Waals surface area contributed by atoms with E-state index >= 15 is 0 Å². The lowest BCUT2D eigenvalue weighted by molar-refractivity contribution is -0.0499. The molecule has 3 rings (SSSR count). The van der Waals surface area contributed by atoms with Gasteiger partial charge in [0.15, 0.2) is 5.75 Å². The molecule has 144 valence electrons. The van der Waals surface area contributed by atoms with Crippen molar-refractivity contribution < 1.29 is 30.5 Å². The van der Waals surface area contributed by atoms with Crippen molar-refractivity contribution in [2.24, 2.45) is 7.05 Å². The number of nitrogens with zero attached hydrogens (tertiary/aromatic N) is 1. The van der Waals surface area contributed by atoms with Crippen molar-refractivity contribution in [2.45, 2.75) is 5.51 Å². The molecular formula is C16H11ClF3NO5S. The quantitative estimate of drug-likeness (QED) is 0.367. The summed E-state index contributed by atoms with van der Waals surface area (Å²) in [4.78, 5) is 12.9. The normalized spacial score (nSPS) is 12.5. The van der Waals surface area contributed by atoms with Crippen molar-refractivity contribution in [3.05, 3.63) is 45.6 Å². The van der Waals surface area contributed by atoms with Crippen molar-refractivity contribution in [3.8, 4) is 11.5 Å². The summed E-state index contributed by atoms with van der Waals surface area (Å²) >= 11 is 5.95. The van der Waals surface area contributed by atoms with E-state index in [1.54, 1.807) is 7.05 Å². The van der Waals surface area contributed by atoms with Gasteiger partial charge < -0.3 is 13.5 Å². The molecule has 6 nitrogen and oxygen atoms in total. The number of hydrogen-bond acceptors (Lipinski definition) is 5. The number of halogens is 4. The van der Waals surface area contributed by atoms with Crippen LogP contribution in [0.4, 0.5) is 13.2 Å². The Balaban J connectivity index is 2.46. The van der Waals surface area contributed by atoms with Crippen LogP contribution in [-0.4, -0.2) is 25.6 Å². The van der Waals surface area contributed by atoms with E-state index < -0.39 is 26.8 Å². The Morgan fingerprint density at radius 1 is 1.11 bits per heavy atom. The number of alkyl halides is 3. The molecule has 0 saturated carbocycles. The topological polar surface area (TPSA) is 74.6 Å². The van der Waals surface area contributed by atoms with Gasteiger partial charge in [-0.25, -0.2) is 0 Å². The van der Waals surface area contributed by atoms with Crippen LogP contribution in [0.25, 0.3) is 21.8 Å². The van der Waals surface area contributed by atoms with Crippen LogP contribution >= 0.6 is 11.6 Å². The second kappa shape index (κ2) is 6.31. The number of aryl methyl sites for hydroxylation is 1. The zero-order valence-corrected chi connectivity index (χ0v) is 15.4. The zero-order chi connectivity index (χ0) is 20.1. The Bertz CT molecular complexity index is 1230. The lowest BCUT2D eigenvalue weighted by Gasteiger charge is -2.16. The molecule has 0 fully saturated rings. The van der Waals surface area contributed by atoms with Crippen LogP contribution in [0.15, 0.2) is 35.1 Å². The van der Waals surface area contributed by atoms with Gasteiger partial charge in [-0.2, -0.15) is 21.6 Å². The highest BCUT2D eigenvalue weighted by Crippen LogP contribution is 2.35. The van der Waals surface area contributed by atoms with Crippen molar-refractivity contribution >= 4 is 43.5 Å². The Labute approximate surface area is 155 Å². The average Bonchev–Trinajstić information content (AvgIpc) is 2.57. The molecule has 0 bridgehead atoms. The SMILES string of the molecule is COc1cc(OS(=O)(=O)C(F)(F)F)c2c(=O)c3ccc(Cl)cc3n(C)c2c1. The third-order valence-electron chi connectivity index (χ3n) is 3.93. The summed E-state index contributed by atoms with van der Waals surface area (Å²) in [5.74, 6) is -0.773. The number of pyridine rings is 1. The van der Waals surface area contributed by atoms with Gasteiger partial charge in [0.1, 0.15) is 5.75 Å². The lowest BCUT2D eigenvalue weighted by Crippen LogP contribution is -2.28. The first-order chi connectivity index (χ1) is 12.5. The second-order valence-corrected chi connectivity index (χ2v) is 7.53. The number of rotatable bonds is 3. The predicted octanol–water partition coefficient (Wildman–Crippen LogP) is 3.58. The highest BCUT2D eigenvalue weighted by Gasteiger charge is 2.49. The standard InChI is InChI=1S/C16H11ClF3NO5S/c1-21-11-5-8(17)3-4-10(11)15(22)14-12(21)6-9(25-2)7-13(14)26-27(23,24)16(18,19)20/h3-7H,1-2H3. The number of fused-ring (bicyclic) bond motifs is 2. The highest BCUT2D eigenvalue weighted by atomic mass is 35.5. The molecule has 0 amide bonds. The summed E-state index contributed by atoms with van der Waals surface area (Å²) in [6.07, 6.45) is 0. The van der Waals surface area contributed by atoms with Crippen LogP contribution in [0.5, 0.6) is 11.5 Å². The van der Waals surface area contributed by atoms with Gasteiger partial charge in [0.05, 0.1) is 23.5 Å². The Morgan fingerprint density at radius 3 is 2.37 bits per heavy atom. The minimum absolute atomic E-state index is 0.00579. The van der Waals surface area contributed by atoms with Gasteiger partial charge in [0.2, 0.25) is 5.43 Å². The molecule has 0 radical (unpaired) electrons. The molecule has 0 aliphatic rings. The van der Waals surface area contributed by atoms with Crippen molar-refractivity contribution in [2.75, 3.05) is 7.11 Å². The van der Waals surface area contributed by atoms with Crippen LogP contribution in [0.2, 0.25) is 5.02 Å². The van der Waals surface area contributed by atoms with Crippen molar-refractivity contribution in [1.29, 1.82) is 0 Å². The molecule has 0 N–H and O–H groups in total. The fourth-order valence-electron chi connectivity index (χ4n) is 2.66. The molecular weight excluding hydrogens is 411 g/mol. The van der Waals surface area contributed by atoms with Gasteiger partial charge in [-0.15, -0.1) is 0 Å². The summed E-state index contributed by atoms with van der Waals surface area (Å²) in [5, 5.41) is 0.144. The van der Waals surface area contributed by atoms with E-state index in [1.165, 1.54) is 35.9 Å². The molecule has 0 unspecified atom stereocenters. The molecule has 0 aliphatic carbocycles. The van der Waals surface area contributed by atoms with Gasteiger partial charge in [0, 0.05) is 29.6 Å². The summed E-state index contributed by atoms with van der Waals surface area (Å²) in [7, 11) is -3.20. The average molecular weight is 422 g/mol. The first kappa shape index (κ1) is 19.3. The van der Waals surface area contributed by atoms with Gasteiger partial charge in [-0.3, -0.25) is 4.79 Å². The van der Waals surface area contributed by atoms with E-state index in [0.717, 1.165) is 6.07 Å². The van der Waals surface area contributed by atoms with Gasteiger partial charge in [-0.1, -0.05) is 11.6 Å². The number of hydrogen-bond donors (Lipinski definition) is 0. The maximum Gasteiger partial charge on any atom is 0.534 e. The number of methoxy groups -OCH3 is 1. The molecule has 1 heterocycles. The van der Waals surface area contributed by atoms with Crippen molar-refractivity contribution in [1.82, 2.24) is 4.57 Å². The van der Waals surface area contributed by atoms with E-state index in [2.05, 4.69) is 4.18 Å². The van der Waals surface area contributed by atoms with Gasteiger partial charge in [-0.05, 0) is 18.2 Å². The van der Waals surface area contributed by atoms with Crippen LogP contribution in [0.1, 0.15) is 0 Å². The molecule has 2 aromatic carbocycles. The molecule has 27 heavy (non-hydrogen) atoms. The Kier molecular flexibility index (Phi) is 4.51. The zero-order valence-electron chi connectivity index (χ0n) is 13.8. The van der Waals surface area contributed by atoms with Gasteiger partial charge >= 0.3 is 15.6 Å². The van der Waals surface area contributed by atoms with E-state index in [9.17, 15) is 26.4 Å². The summed E-state index contributed by atoms with van der Waals surface area (Å²) in [5.41, 5.74) is -5.85. The third-order valence-corrected chi connectivity index (χ3v) is 5.13. The van der Waals surface area contributed by atoms with Crippen LogP contribution < -0.4 is 14.3 Å². The fourth-order valence-corrected chi connectivity index (χ4v) is 3.29. The molecule has 0 spiro atoms. The van der Waals surface area contributed by atoms with E-state index in [0.29, 0.717) is 10.5 Å². The van der Waals surface area contributed by atoms with Crippen LogP contribution in [0, 0.1) is 0 Å². The Morgan fingerprint density at radius 2 is 1.78 bits per heavy atom. The smallest absolute Gasteiger partial charge is 0.497 e. The first-order valence-corrected chi connectivity index (χ1v) is 9.05. The maximum atomic E-state index is 12.9. The lowest BCUT2D eigenvalue weighted by atomic mass is 10.1. The fraction of sp³-hybridized carbons (Fsp3) is 0.188. The molecule has 11 heteroatoms. The molecule has 3 aromatic rings. The minimum Gasteiger partial charge on any atom is -0.497 e. The largest absolute Gasteiger partial charge is 0.534 e. The molecule has 0 saturated heterocycles. The van der Waals surface area contributed by atoms with E-state index in [-0.39, 0.29) is 22.0 Å². The third kappa shape index (κ3) is 3.19. The summed E-state index contributed by atoms with van der Waals surface area (Å²) < 4.78 is 71.9. The first-order valence-electron chi connectivity index (χ1n) is 7.27. The van der Waals surface area contributed by atoms with Gasteiger partial charge in [0.25, 0.3) is 0 Å². The maximum absolute atomic E-state index is 12.9. The minimum atomic E-state index is -5.98. The molecule has 1 aromatic heterocycles. The van der Waals surface area contributed by atoms with E-state index in [4.69, 9.17) is 16.3 Å². The predicted molar refractivity (Wildman–Crippen MR) is 93.9 cm³/mol. The highest BCUT2D eigenvalue weighted by molar-refractivity contribution is 7.88. The van der Waals surface area contributed by atoms with Crippen LogP contribution in [-0.2, 0) is 17.2 Å². The summed E-state index contributed by atoms with van der Waals surface area (Å²) in [6.45, 7) is 0. The van der Waals surface area contributed by atoms with Crippen molar-refractivity contribution in [3.63, 3.8) is 0 Å². The second-order valence-electron chi connectivity index (χ2n) is 5.55. The number of aromatic nitrogens is 1. The molecule has 0 atom stereocenters. The Hall–Kier alpha value is -2.46. The van der Waals surface area contributed by atoms with Crippen LogP contribution in [0.3, 0.4) is 0 Å². The monoisotopic (exact) mass is 421 g/mol. The molecule has 0 aliphatic heterocycles. The number of ether oxygens (including phenoxy) is 1. The van der Waals surface area contributed by atoms with E-state index in [1.807, 2.05) is 0 Å². The number of benzene rings is 2. The summed E-state index contributed by atoms with van der Waals surface area (Å²) in [6, 6.07) is 6.63.